The third-order valence-electron chi connectivity index (χ3n) is 4.04. The Kier molecular flexibility index (Phi) is 2.30. The van der Waals surface area contributed by atoms with Crippen LogP contribution in [0.5, 0.6) is 0 Å². The zero-order valence-corrected chi connectivity index (χ0v) is 10.8. The van der Waals surface area contributed by atoms with E-state index in [4.69, 9.17) is 0 Å². The van der Waals surface area contributed by atoms with Gasteiger partial charge in [0.2, 0.25) is 0 Å². The Bertz CT molecular complexity index is 735. The first kappa shape index (κ1) is 11.4. The van der Waals surface area contributed by atoms with Crippen LogP contribution in [0.1, 0.15) is 18.4 Å². The monoisotopic (exact) mass is 267 g/mol. The number of aromatic nitrogens is 2. The number of hydrogen-bond donors (Lipinski definition) is 1. The number of pyridine rings is 1. The van der Waals surface area contributed by atoms with Crippen LogP contribution in [0.2, 0.25) is 0 Å². The van der Waals surface area contributed by atoms with E-state index in [1.165, 1.54) is 0 Å². The number of fused-ring (bicyclic) bond motifs is 2. The fraction of sp³-hybridized carbons (Fsp3) is 0.267. The Morgan fingerprint density at radius 3 is 3.15 bits per heavy atom. The van der Waals surface area contributed by atoms with Gasteiger partial charge in [0.1, 0.15) is 5.65 Å². The molecule has 0 bridgehead atoms. The molecule has 4 heterocycles. The molecule has 20 heavy (non-hydrogen) atoms. The number of Topliss-reactive ketones (excluding diaryl/α,β-unsaturated/α-hetero) is 1. The van der Waals surface area contributed by atoms with E-state index in [0.717, 1.165) is 29.4 Å². The van der Waals surface area contributed by atoms with Gasteiger partial charge in [0.15, 0.2) is 5.78 Å². The van der Waals surface area contributed by atoms with Crippen LogP contribution in [0.4, 0.5) is 0 Å². The van der Waals surface area contributed by atoms with E-state index in [-0.39, 0.29) is 17.7 Å². The minimum atomic E-state index is -0.224. The summed E-state index contributed by atoms with van der Waals surface area (Å²) in [5, 5.41) is 0.970. The van der Waals surface area contributed by atoms with E-state index in [1.807, 2.05) is 18.3 Å². The minimum Gasteiger partial charge on any atom is -0.346 e. The second-order valence-corrected chi connectivity index (χ2v) is 5.26. The van der Waals surface area contributed by atoms with Crippen molar-refractivity contribution in [2.75, 3.05) is 6.54 Å². The fourth-order valence-electron chi connectivity index (χ4n) is 3.06. The largest absolute Gasteiger partial charge is 0.346 e. The van der Waals surface area contributed by atoms with Crippen molar-refractivity contribution < 1.29 is 9.59 Å². The number of hydrogen-bond acceptors (Lipinski definition) is 3. The Morgan fingerprint density at radius 1 is 1.40 bits per heavy atom. The maximum absolute atomic E-state index is 12.3. The van der Waals surface area contributed by atoms with Gasteiger partial charge >= 0.3 is 0 Å². The SMILES string of the molecule is O=C1/C(=C/c2cnc3[nH]ccc3c2)C(=O)N2CCC[C@@H]12. The molecule has 5 nitrogen and oxygen atoms in total. The van der Waals surface area contributed by atoms with E-state index < -0.39 is 0 Å². The van der Waals surface area contributed by atoms with E-state index in [0.29, 0.717) is 12.1 Å². The van der Waals surface area contributed by atoms with Gasteiger partial charge in [-0.25, -0.2) is 4.98 Å². The summed E-state index contributed by atoms with van der Waals surface area (Å²) in [6, 6.07) is 3.62. The summed E-state index contributed by atoms with van der Waals surface area (Å²) < 4.78 is 0. The third-order valence-corrected chi connectivity index (χ3v) is 4.04. The van der Waals surface area contributed by atoms with Crippen LogP contribution >= 0.6 is 0 Å². The molecule has 2 fully saturated rings. The summed E-state index contributed by atoms with van der Waals surface area (Å²) in [6.07, 6.45) is 6.87. The standard InChI is InChI=1S/C15H13N3O2/c19-13-11(15(20)18-5-1-2-12(13)18)7-9-6-10-3-4-16-14(10)17-8-9/h3-4,6-8,12H,1-2,5H2,(H,16,17)/b11-7-/t12-/m0/s1. The highest BCUT2D eigenvalue weighted by Crippen LogP contribution is 2.30. The molecule has 1 N–H and O–H groups in total. The van der Waals surface area contributed by atoms with Gasteiger partial charge in [-0.1, -0.05) is 0 Å². The molecule has 0 spiro atoms. The lowest BCUT2D eigenvalue weighted by Gasteiger charge is -2.11. The van der Waals surface area contributed by atoms with Crippen LogP contribution in [0.15, 0.2) is 30.1 Å². The van der Waals surface area contributed by atoms with Crippen molar-refractivity contribution >= 4 is 28.8 Å². The van der Waals surface area contributed by atoms with Crippen molar-refractivity contribution in [1.29, 1.82) is 0 Å². The smallest absolute Gasteiger partial charge is 0.258 e. The van der Waals surface area contributed by atoms with E-state index in [1.54, 1.807) is 17.2 Å². The Labute approximate surface area is 115 Å². The normalized spacial score (nSPS) is 24.1. The van der Waals surface area contributed by atoms with Gasteiger partial charge in [-0.2, -0.15) is 0 Å². The molecule has 1 amide bonds. The highest BCUT2D eigenvalue weighted by Gasteiger charge is 2.45. The van der Waals surface area contributed by atoms with Crippen LogP contribution in [0, 0.1) is 0 Å². The number of H-pyrrole nitrogens is 1. The van der Waals surface area contributed by atoms with Crippen LogP contribution in [-0.4, -0.2) is 39.1 Å². The Balaban J connectivity index is 1.76. The average molecular weight is 267 g/mol. The minimum absolute atomic E-state index is 0.0401. The van der Waals surface area contributed by atoms with Crippen molar-refractivity contribution in [1.82, 2.24) is 14.9 Å². The first-order chi connectivity index (χ1) is 9.74. The lowest BCUT2D eigenvalue weighted by Crippen LogP contribution is -2.28. The fourth-order valence-corrected chi connectivity index (χ4v) is 3.06. The van der Waals surface area contributed by atoms with Gasteiger partial charge in [0, 0.05) is 24.3 Å². The number of carbonyl (C=O) groups excluding carboxylic acids is 2. The van der Waals surface area contributed by atoms with Gasteiger partial charge in [0.25, 0.3) is 5.91 Å². The predicted molar refractivity (Wildman–Crippen MR) is 73.8 cm³/mol. The molecule has 2 aliphatic heterocycles. The highest BCUT2D eigenvalue weighted by molar-refractivity contribution is 6.29. The quantitative estimate of drug-likeness (QED) is 0.629. The number of nitrogens with zero attached hydrogens (tertiary/aromatic N) is 2. The van der Waals surface area contributed by atoms with Gasteiger partial charge in [-0.15, -0.1) is 0 Å². The van der Waals surface area contributed by atoms with Crippen molar-refractivity contribution in [3.63, 3.8) is 0 Å². The van der Waals surface area contributed by atoms with E-state index in [2.05, 4.69) is 9.97 Å². The molecule has 0 aliphatic carbocycles. The van der Waals surface area contributed by atoms with Crippen LogP contribution in [0.3, 0.4) is 0 Å². The van der Waals surface area contributed by atoms with Gasteiger partial charge in [-0.3, -0.25) is 9.59 Å². The number of carbonyl (C=O) groups is 2. The third kappa shape index (κ3) is 1.52. The van der Waals surface area contributed by atoms with Gasteiger partial charge < -0.3 is 9.88 Å². The second-order valence-electron chi connectivity index (χ2n) is 5.26. The van der Waals surface area contributed by atoms with Crippen molar-refractivity contribution in [3.8, 4) is 0 Å². The topological polar surface area (TPSA) is 66.1 Å². The lowest BCUT2D eigenvalue weighted by molar-refractivity contribution is -0.125. The predicted octanol–water partition coefficient (Wildman–Crippen LogP) is 1.52. The van der Waals surface area contributed by atoms with Crippen molar-refractivity contribution in [3.05, 3.63) is 35.7 Å². The summed E-state index contributed by atoms with van der Waals surface area (Å²) in [4.78, 5) is 33.5. The van der Waals surface area contributed by atoms with Crippen molar-refractivity contribution in [2.45, 2.75) is 18.9 Å². The van der Waals surface area contributed by atoms with E-state index >= 15 is 0 Å². The van der Waals surface area contributed by atoms with Gasteiger partial charge in [0.05, 0.1) is 11.6 Å². The molecule has 2 aromatic heterocycles. The molecule has 1 atom stereocenters. The van der Waals surface area contributed by atoms with Crippen LogP contribution < -0.4 is 0 Å². The molecule has 2 aliphatic rings. The molecule has 2 aromatic rings. The molecular formula is C15H13N3O2. The Morgan fingerprint density at radius 2 is 2.30 bits per heavy atom. The summed E-state index contributed by atoms with van der Waals surface area (Å²) in [5.74, 6) is -0.173. The number of nitrogens with one attached hydrogen (secondary N) is 1. The Hall–Kier alpha value is -2.43. The summed E-state index contributed by atoms with van der Waals surface area (Å²) in [5.41, 5.74) is 1.89. The summed E-state index contributed by atoms with van der Waals surface area (Å²) in [6.45, 7) is 0.696. The van der Waals surface area contributed by atoms with Crippen LogP contribution in [0.25, 0.3) is 17.1 Å². The highest BCUT2D eigenvalue weighted by atomic mass is 16.2. The van der Waals surface area contributed by atoms with Crippen molar-refractivity contribution in [2.24, 2.45) is 0 Å². The molecule has 0 unspecified atom stereocenters. The van der Waals surface area contributed by atoms with E-state index in [9.17, 15) is 9.59 Å². The molecule has 2 saturated heterocycles. The molecule has 0 saturated carbocycles. The average Bonchev–Trinajstić information content (AvgIpc) is 3.14. The molecule has 5 heteroatoms. The maximum Gasteiger partial charge on any atom is 0.258 e. The molecular weight excluding hydrogens is 254 g/mol. The molecule has 0 radical (unpaired) electrons. The number of amides is 1. The first-order valence-corrected chi connectivity index (χ1v) is 6.74. The molecule has 100 valence electrons. The van der Waals surface area contributed by atoms with Gasteiger partial charge in [-0.05, 0) is 36.6 Å². The number of ketones is 1. The number of rotatable bonds is 1. The summed E-state index contributed by atoms with van der Waals surface area (Å²) in [7, 11) is 0. The zero-order chi connectivity index (χ0) is 13.7. The maximum atomic E-state index is 12.3. The lowest BCUT2D eigenvalue weighted by atomic mass is 10.0. The number of aromatic amines is 1. The summed E-state index contributed by atoms with van der Waals surface area (Å²) >= 11 is 0. The molecule has 0 aromatic carbocycles. The first-order valence-electron chi connectivity index (χ1n) is 6.74. The molecule has 4 rings (SSSR count). The second kappa shape index (κ2) is 4.03. The zero-order valence-electron chi connectivity index (χ0n) is 10.8. The van der Waals surface area contributed by atoms with Crippen LogP contribution in [-0.2, 0) is 9.59 Å².